The average molecular weight is 1250 g/mol. The van der Waals surface area contributed by atoms with Gasteiger partial charge in [-0.3, -0.25) is 9.59 Å². The summed E-state index contributed by atoms with van der Waals surface area (Å²) in [5.74, 6) is -6.15. The van der Waals surface area contributed by atoms with Crippen molar-refractivity contribution in [2.75, 3.05) is 26.4 Å². The van der Waals surface area contributed by atoms with Crippen LogP contribution in [0.25, 0.3) is 0 Å². The second kappa shape index (κ2) is 45.5. The molecule has 23 heteroatoms. The second-order valence-electron chi connectivity index (χ2n) is 24.3. The minimum Gasteiger partial charge on any atom is -0.477 e. The highest BCUT2D eigenvalue weighted by Crippen LogP contribution is 2.38. The Kier molecular flexibility index (Phi) is 41.0. The highest BCUT2D eigenvalue weighted by atomic mass is 16.8. The van der Waals surface area contributed by atoms with Gasteiger partial charge in [0.1, 0.15) is 67.1 Å². The Morgan fingerprint density at radius 2 is 1.08 bits per heavy atom. The van der Waals surface area contributed by atoms with Crippen LogP contribution in [-0.4, -0.2) is 215 Å². The first-order valence-corrected chi connectivity index (χ1v) is 33.2. The fourth-order valence-corrected chi connectivity index (χ4v) is 11.5. The Morgan fingerprint density at radius 3 is 1.59 bits per heavy atom. The van der Waals surface area contributed by atoms with Gasteiger partial charge in [-0.1, -0.05) is 186 Å². The van der Waals surface area contributed by atoms with Crippen LogP contribution in [0.4, 0.5) is 0 Å². The van der Waals surface area contributed by atoms with Gasteiger partial charge in [0.2, 0.25) is 11.8 Å². The fraction of sp³-hybridized carbons (Fsp3) is 0.891. The smallest absolute Gasteiger partial charge is 0.364 e. The quantitative estimate of drug-likeness (QED) is 0.0285. The van der Waals surface area contributed by atoms with E-state index in [4.69, 9.17) is 28.4 Å². The van der Waals surface area contributed by atoms with Crippen LogP contribution in [0.1, 0.15) is 226 Å². The normalized spacial score (nSPS) is 29.3. The number of hydrogen-bond acceptors (Lipinski definition) is 20. The SMILES string of the molecule is CCCCC/C=C\CCCCCCCC(=O)NC(COC1OC(CO)C(OC2OC(CO)C(O)C(OC3(C(=O)O)CC(O)C(NC(C)=O)C(C(O)C(O)CO)O3)C2O)C(O)C1O)C(O)/C=C/CCCCCCCCCCCCCCCCCCCCC. The Bertz CT molecular complexity index is 1870. The zero-order chi connectivity index (χ0) is 64.0. The molecule has 3 saturated heterocycles. The first-order chi connectivity index (χ1) is 41.9. The molecule has 14 N–H and O–H groups in total. The number of ether oxygens (including phenoxy) is 6. The van der Waals surface area contributed by atoms with Crippen LogP contribution in [0.2, 0.25) is 0 Å². The third-order valence-corrected chi connectivity index (χ3v) is 16.9. The third kappa shape index (κ3) is 28.7. The van der Waals surface area contributed by atoms with Gasteiger partial charge in [0.05, 0.1) is 50.7 Å². The highest BCUT2D eigenvalue weighted by Gasteiger charge is 2.60. The van der Waals surface area contributed by atoms with Crippen molar-refractivity contribution < 1.29 is 104 Å². The molecule has 3 fully saturated rings. The summed E-state index contributed by atoms with van der Waals surface area (Å²) in [5.41, 5.74) is 0. The maximum absolute atomic E-state index is 13.4. The van der Waals surface area contributed by atoms with E-state index in [0.717, 1.165) is 64.7 Å². The monoisotopic (exact) mass is 1250 g/mol. The van der Waals surface area contributed by atoms with Crippen molar-refractivity contribution in [1.29, 1.82) is 0 Å². The summed E-state index contributed by atoms with van der Waals surface area (Å²) in [6.45, 7) is 2.09. The van der Waals surface area contributed by atoms with Crippen molar-refractivity contribution in [3.05, 3.63) is 24.3 Å². The van der Waals surface area contributed by atoms with Gasteiger partial charge in [-0.25, -0.2) is 4.79 Å². The number of aliphatic carboxylic acids is 1. The van der Waals surface area contributed by atoms with Gasteiger partial charge >= 0.3 is 5.97 Å². The number of nitrogens with one attached hydrogen (secondary N) is 2. The molecule has 3 rings (SSSR count). The zero-order valence-electron chi connectivity index (χ0n) is 52.6. The van der Waals surface area contributed by atoms with Crippen LogP contribution in [0, 0.1) is 0 Å². The lowest BCUT2D eigenvalue weighted by Gasteiger charge is -2.50. The number of aliphatic hydroxyl groups is 11. The Balaban J connectivity index is 1.62. The molecule has 3 aliphatic heterocycles. The van der Waals surface area contributed by atoms with Gasteiger partial charge in [-0.2, -0.15) is 0 Å². The third-order valence-electron chi connectivity index (χ3n) is 16.9. The minimum absolute atomic E-state index is 0.190. The van der Waals surface area contributed by atoms with Crippen molar-refractivity contribution in [1.82, 2.24) is 10.6 Å². The van der Waals surface area contributed by atoms with Gasteiger partial charge in [0, 0.05) is 19.8 Å². The van der Waals surface area contributed by atoms with E-state index in [1.807, 2.05) is 6.08 Å². The zero-order valence-corrected chi connectivity index (χ0v) is 52.6. The molecule has 508 valence electrons. The van der Waals surface area contributed by atoms with Gasteiger partial charge in [0.25, 0.3) is 5.79 Å². The number of carboxylic acid groups (broad SMARTS) is 1. The van der Waals surface area contributed by atoms with E-state index < -0.39 is 155 Å². The van der Waals surface area contributed by atoms with E-state index in [2.05, 4.69) is 36.6 Å². The van der Waals surface area contributed by atoms with Crippen LogP contribution in [0.15, 0.2) is 24.3 Å². The Hall–Kier alpha value is -2.79. The summed E-state index contributed by atoms with van der Waals surface area (Å²) in [5, 5.41) is 136. The van der Waals surface area contributed by atoms with Gasteiger partial charge in [-0.15, -0.1) is 0 Å². The van der Waals surface area contributed by atoms with Crippen molar-refractivity contribution in [3.8, 4) is 0 Å². The molecular weight excluding hydrogens is 1130 g/mol. The van der Waals surface area contributed by atoms with Crippen molar-refractivity contribution in [2.45, 2.75) is 336 Å². The summed E-state index contributed by atoms with van der Waals surface area (Å²) in [4.78, 5) is 38.4. The second-order valence-corrected chi connectivity index (χ2v) is 24.3. The van der Waals surface area contributed by atoms with E-state index >= 15 is 0 Å². The predicted octanol–water partition coefficient (Wildman–Crippen LogP) is 4.89. The number of hydrogen-bond donors (Lipinski definition) is 14. The molecule has 0 spiro atoms. The highest BCUT2D eigenvalue weighted by molar-refractivity contribution is 5.77. The number of amides is 2. The molecule has 18 atom stereocenters. The van der Waals surface area contributed by atoms with Crippen molar-refractivity contribution in [3.63, 3.8) is 0 Å². The summed E-state index contributed by atoms with van der Waals surface area (Å²) in [6.07, 6.45) is 13.8. The molecule has 23 nitrogen and oxygen atoms in total. The molecule has 2 amide bonds. The molecule has 18 unspecified atom stereocenters. The molecule has 0 aromatic heterocycles. The van der Waals surface area contributed by atoms with E-state index in [-0.39, 0.29) is 12.3 Å². The van der Waals surface area contributed by atoms with Gasteiger partial charge < -0.3 is 100 Å². The molecule has 0 bridgehead atoms. The Labute approximate surface area is 517 Å². The lowest BCUT2D eigenvalue weighted by atomic mass is 9.88. The summed E-state index contributed by atoms with van der Waals surface area (Å²) < 4.78 is 34.7. The molecule has 87 heavy (non-hydrogen) atoms. The Morgan fingerprint density at radius 1 is 0.598 bits per heavy atom. The molecule has 0 aromatic carbocycles. The topological polar surface area (TPSA) is 373 Å². The number of unbranched alkanes of at least 4 members (excludes halogenated alkanes) is 27. The van der Waals surface area contributed by atoms with E-state index in [1.54, 1.807) is 6.08 Å². The maximum Gasteiger partial charge on any atom is 0.364 e. The van der Waals surface area contributed by atoms with E-state index in [1.165, 1.54) is 122 Å². The molecule has 0 saturated carbocycles. The molecule has 0 aromatic rings. The van der Waals surface area contributed by atoms with Crippen LogP contribution >= 0.6 is 0 Å². The summed E-state index contributed by atoms with van der Waals surface area (Å²) >= 11 is 0. The lowest BCUT2D eigenvalue weighted by molar-refractivity contribution is -0.386. The van der Waals surface area contributed by atoms with Crippen LogP contribution in [0.5, 0.6) is 0 Å². The summed E-state index contributed by atoms with van der Waals surface area (Å²) in [6, 6.07) is -2.62. The average Bonchev–Trinajstić information content (AvgIpc) is 1.42. The molecule has 3 aliphatic rings. The standard InChI is InChI=1S/C64H116N2O21/c1-4-6-8-10-12-14-16-18-19-20-21-22-23-24-25-26-27-29-31-33-35-37-46(71)45(66-51(74)38-36-34-32-30-28-17-15-13-11-9-7-5-2)43-82-61-56(78)55(77)58(50(42-69)84-61)85-62-57(79)60(54(76)49(41-68)83-62)87-64(63(80)81)39-47(72)52(65-44(3)70)59(86-64)53(75)48(73)40-67/h13,15,35,37,45-50,52-62,67-69,71-73,75-79H,4-12,14,16-34,36,38-43H2,1-3H3,(H,65,70)(H,66,74)(H,80,81)/b15-13-,37-35+. The van der Waals surface area contributed by atoms with E-state index in [0.29, 0.717) is 12.8 Å². The van der Waals surface area contributed by atoms with Gasteiger partial charge in [-0.05, 0) is 44.9 Å². The summed E-state index contributed by atoms with van der Waals surface area (Å²) in [7, 11) is 0. The molecule has 3 heterocycles. The van der Waals surface area contributed by atoms with Gasteiger partial charge in [0.15, 0.2) is 12.6 Å². The van der Waals surface area contributed by atoms with Crippen molar-refractivity contribution >= 4 is 17.8 Å². The number of aliphatic hydroxyl groups excluding tert-OH is 11. The van der Waals surface area contributed by atoms with E-state index in [9.17, 15) is 75.7 Å². The van der Waals surface area contributed by atoms with Crippen LogP contribution in [-0.2, 0) is 42.8 Å². The number of rotatable bonds is 49. The first kappa shape index (κ1) is 78.5. The maximum atomic E-state index is 13.4. The number of allylic oxidation sites excluding steroid dienone is 3. The largest absolute Gasteiger partial charge is 0.477 e. The van der Waals surface area contributed by atoms with Crippen LogP contribution in [0.3, 0.4) is 0 Å². The number of carbonyl (C=O) groups is 3. The molecule has 0 radical (unpaired) electrons. The first-order valence-electron chi connectivity index (χ1n) is 33.2. The fourth-order valence-electron chi connectivity index (χ4n) is 11.5. The minimum atomic E-state index is -3.08. The number of carbonyl (C=O) groups excluding carboxylic acids is 2. The molecular formula is C64H116N2O21. The lowest BCUT2D eigenvalue weighted by Crippen LogP contribution is -2.70. The predicted molar refractivity (Wildman–Crippen MR) is 324 cm³/mol. The van der Waals surface area contributed by atoms with Crippen LogP contribution < -0.4 is 10.6 Å². The van der Waals surface area contributed by atoms with Crippen molar-refractivity contribution in [2.24, 2.45) is 0 Å². The molecule has 0 aliphatic carbocycles. The number of carboxylic acids is 1.